The van der Waals surface area contributed by atoms with Gasteiger partial charge < -0.3 is 10.6 Å². The zero-order valence-corrected chi connectivity index (χ0v) is 10.5. The molecule has 2 aromatic rings. The lowest BCUT2D eigenvalue weighted by molar-refractivity contribution is 0.503. The van der Waals surface area contributed by atoms with Crippen LogP contribution >= 0.6 is 0 Å². The van der Waals surface area contributed by atoms with Gasteiger partial charge in [0, 0.05) is 25.3 Å². The Morgan fingerprint density at radius 2 is 2.22 bits per heavy atom. The second-order valence-corrected chi connectivity index (χ2v) is 4.87. The van der Waals surface area contributed by atoms with Crippen LogP contribution < -0.4 is 10.6 Å². The summed E-state index contributed by atoms with van der Waals surface area (Å²) in [7, 11) is 0. The fraction of sp³-hybridized carbons (Fsp3) is 0.462. The summed E-state index contributed by atoms with van der Waals surface area (Å²) in [5.74, 6) is 0.956. The molecule has 5 heteroatoms. The Balaban J connectivity index is 1.96. The molecule has 0 amide bonds. The summed E-state index contributed by atoms with van der Waals surface area (Å²) >= 11 is 0. The molecule has 2 N–H and O–H groups in total. The Morgan fingerprint density at radius 1 is 1.33 bits per heavy atom. The number of fused-ring (bicyclic) bond motifs is 1. The highest BCUT2D eigenvalue weighted by atomic mass is 15.2. The number of aromatic nitrogens is 3. The van der Waals surface area contributed by atoms with Gasteiger partial charge in [-0.2, -0.15) is 0 Å². The van der Waals surface area contributed by atoms with Crippen LogP contribution in [0.4, 0.5) is 5.82 Å². The van der Waals surface area contributed by atoms with E-state index in [4.69, 9.17) is 5.73 Å². The SMILES string of the molecule is Cc1cnc2ccc(N3CCC[C@@H](N)C3)nc2n1. The molecular formula is C13H17N5. The molecule has 1 saturated heterocycles. The van der Waals surface area contributed by atoms with Gasteiger partial charge in [-0.3, -0.25) is 4.98 Å². The second kappa shape index (κ2) is 4.49. The largest absolute Gasteiger partial charge is 0.355 e. The third-order valence-corrected chi connectivity index (χ3v) is 3.29. The Hall–Kier alpha value is -1.75. The zero-order chi connectivity index (χ0) is 12.5. The fourth-order valence-electron chi connectivity index (χ4n) is 2.37. The first-order valence-electron chi connectivity index (χ1n) is 6.33. The smallest absolute Gasteiger partial charge is 0.180 e. The summed E-state index contributed by atoms with van der Waals surface area (Å²) in [5, 5.41) is 0. The molecule has 1 aliphatic heterocycles. The summed E-state index contributed by atoms with van der Waals surface area (Å²) < 4.78 is 0. The number of anilines is 1. The molecule has 0 spiro atoms. The molecular weight excluding hydrogens is 226 g/mol. The summed E-state index contributed by atoms with van der Waals surface area (Å²) in [6.45, 7) is 3.82. The molecule has 0 saturated carbocycles. The molecule has 5 nitrogen and oxygen atoms in total. The highest BCUT2D eigenvalue weighted by Gasteiger charge is 2.18. The summed E-state index contributed by atoms with van der Waals surface area (Å²) in [6.07, 6.45) is 3.99. The van der Waals surface area contributed by atoms with Gasteiger partial charge in [-0.15, -0.1) is 0 Å². The Bertz CT molecular complexity index is 568. The molecule has 0 bridgehead atoms. The summed E-state index contributed by atoms with van der Waals surface area (Å²) in [6, 6.07) is 4.23. The van der Waals surface area contributed by atoms with Crippen molar-refractivity contribution in [3.8, 4) is 0 Å². The van der Waals surface area contributed by atoms with Crippen molar-refractivity contribution >= 4 is 17.0 Å². The van der Waals surface area contributed by atoms with E-state index in [0.29, 0.717) is 5.65 Å². The van der Waals surface area contributed by atoms with Crippen molar-refractivity contribution < 1.29 is 0 Å². The molecule has 0 unspecified atom stereocenters. The normalized spacial score (nSPS) is 20.3. The first-order valence-corrected chi connectivity index (χ1v) is 6.33. The third kappa shape index (κ3) is 2.13. The highest BCUT2D eigenvalue weighted by Crippen LogP contribution is 2.19. The Labute approximate surface area is 106 Å². The molecule has 3 rings (SSSR count). The predicted molar refractivity (Wildman–Crippen MR) is 71.5 cm³/mol. The van der Waals surface area contributed by atoms with E-state index in [1.165, 1.54) is 0 Å². The van der Waals surface area contributed by atoms with E-state index in [0.717, 1.165) is 43.0 Å². The van der Waals surface area contributed by atoms with E-state index in [1.54, 1.807) is 6.20 Å². The van der Waals surface area contributed by atoms with E-state index in [-0.39, 0.29) is 6.04 Å². The summed E-state index contributed by atoms with van der Waals surface area (Å²) in [5.41, 5.74) is 8.45. The number of piperidine rings is 1. The van der Waals surface area contributed by atoms with Crippen molar-refractivity contribution in [2.45, 2.75) is 25.8 Å². The average molecular weight is 243 g/mol. The number of rotatable bonds is 1. The maximum absolute atomic E-state index is 6.00. The molecule has 0 aromatic carbocycles. The van der Waals surface area contributed by atoms with E-state index in [1.807, 2.05) is 19.1 Å². The number of pyridine rings is 1. The van der Waals surface area contributed by atoms with Crippen LogP contribution in [0.1, 0.15) is 18.5 Å². The van der Waals surface area contributed by atoms with Gasteiger partial charge in [0.2, 0.25) is 0 Å². The van der Waals surface area contributed by atoms with Crippen LogP contribution in [0, 0.1) is 6.92 Å². The molecule has 1 atom stereocenters. The van der Waals surface area contributed by atoms with Gasteiger partial charge in [0.15, 0.2) is 5.65 Å². The predicted octanol–water partition coefficient (Wildman–Crippen LogP) is 1.26. The second-order valence-electron chi connectivity index (χ2n) is 4.87. The third-order valence-electron chi connectivity index (χ3n) is 3.29. The van der Waals surface area contributed by atoms with Gasteiger partial charge >= 0.3 is 0 Å². The molecule has 1 aliphatic rings. The monoisotopic (exact) mass is 243 g/mol. The van der Waals surface area contributed by atoms with Crippen LogP contribution in [0.5, 0.6) is 0 Å². The van der Waals surface area contributed by atoms with Gasteiger partial charge in [0.25, 0.3) is 0 Å². The molecule has 18 heavy (non-hydrogen) atoms. The molecule has 3 heterocycles. The van der Waals surface area contributed by atoms with Gasteiger partial charge in [-0.1, -0.05) is 0 Å². The van der Waals surface area contributed by atoms with Crippen molar-refractivity contribution in [2.24, 2.45) is 5.73 Å². The minimum atomic E-state index is 0.250. The minimum absolute atomic E-state index is 0.250. The standard InChI is InChI=1S/C13H17N5/c1-9-7-15-11-4-5-12(17-13(11)16-9)18-6-2-3-10(14)8-18/h4-5,7,10H,2-3,6,8,14H2,1H3/t10-/m1/s1. The first kappa shape index (κ1) is 11.3. The lowest BCUT2D eigenvalue weighted by Gasteiger charge is -2.31. The van der Waals surface area contributed by atoms with Gasteiger partial charge in [0.1, 0.15) is 11.3 Å². The zero-order valence-electron chi connectivity index (χ0n) is 10.5. The number of hydrogen-bond acceptors (Lipinski definition) is 5. The lowest BCUT2D eigenvalue weighted by atomic mass is 10.1. The Kier molecular flexibility index (Phi) is 2.83. The molecule has 94 valence electrons. The quantitative estimate of drug-likeness (QED) is 0.816. The number of nitrogens with two attached hydrogens (primary N) is 1. The molecule has 2 aromatic heterocycles. The van der Waals surface area contributed by atoms with E-state index in [9.17, 15) is 0 Å². The van der Waals surface area contributed by atoms with E-state index >= 15 is 0 Å². The first-order chi connectivity index (χ1) is 8.72. The van der Waals surface area contributed by atoms with Crippen LogP contribution in [0.25, 0.3) is 11.2 Å². The molecule has 0 aliphatic carbocycles. The van der Waals surface area contributed by atoms with Gasteiger partial charge in [-0.05, 0) is 31.9 Å². The number of aryl methyl sites for hydroxylation is 1. The van der Waals surface area contributed by atoms with Crippen molar-refractivity contribution in [3.63, 3.8) is 0 Å². The van der Waals surface area contributed by atoms with Crippen molar-refractivity contribution in [1.29, 1.82) is 0 Å². The number of hydrogen-bond donors (Lipinski definition) is 1. The van der Waals surface area contributed by atoms with Crippen molar-refractivity contribution in [1.82, 2.24) is 15.0 Å². The van der Waals surface area contributed by atoms with E-state index in [2.05, 4.69) is 19.9 Å². The maximum Gasteiger partial charge on any atom is 0.180 e. The maximum atomic E-state index is 6.00. The average Bonchev–Trinajstić information content (AvgIpc) is 2.38. The van der Waals surface area contributed by atoms with Crippen LogP contribution in [0.2, 0.25) is 0 Å². The highest BCUT2D eigenvalue weighted by molar-refractivity contribution is 5.72. The van der Waals surface area contributed by atoms with E-state index < -0.39 is 0 Å². The molecule has 1 fully saturated rings. The van der Waals surface area contributed by atoms with Crippen LogP contribution in [-0.2, 0) is 0 Å². The van der Waals surface area contributed by atoms with Gasteiger partial charge in [0.05, 0.1) is 5.69 Å². The number of nitrogens with zero attached hydrogens (tertiary/aromatic N) is 4. The topological polar surface area (TPSA) is 67.9 Å². The van der Waals surface area contributed by atoms with Crippen LogP contribution in [0.3, 0.4) is 0 Å². The van der Waals surface area contributed by atoms with Crippen molar-refractivity contribution in [2.75, 3.05) is 18.0 Å². The van der Waals surface area contributed by atoms with Crippen molar-refractivity contribution in [3.05, 3.63) is 24.0 Å². The Morgan fingerprint density at radius 3 is 3.06 bits per heavy atom. The molecule has 0 radical (unpaired) electrons. The summed E-state index contributed by atoms with van der Waals surface area (Å²) in [4.78, 5) is 15.6. The lowest BCUT2D eigenvalue weighted by Crippen LogP contribution is -2.43. The fourth-order valence-corrected chi connectivity index (χ4v) is 2.37. The minimum Gasteiger partial charge on any atom is -0.355 e. The van der Waals surface area contributed by atoms with Gasteiger partial charge in [-0.25, -0.2) is 9.97 Å². The van der Waals surface area contributed by atoms with Crippen LogP contribution in [-0.4, -0.2) is 34.1 Å². The van der Waals surface area contributed by atoms with Crippen LogP contribution in [0.15, 0.2) is 18.3 Å².